The van der Waals surface area contributed by atoms with Crippen LogP contribution in [-0.4, -0.2) is 47.9 Å². The molecule has 0 spiro atoms. The number of carboxylic acid groups (broad SMARTS) is 1. The predicted molar refractivity (Wildman–Crippen MR) is 154 cm³/mol. The van der Waals surface area contributed by atoms with Crippen molar-refractivity contribution in [3.63, 3.8) is 0 Å². The molecule has 0 heterocycles. The van der Waals surface area contributed by atoms with Gasteiger partial charge in [-0.05, 0) is 47.6 Å². The fourth-order valence-electron chi connectivity index (χ4n) is 5.95. The summed E-state index contributed by atoms with van der Waals surface area (Å²) in [5.41, 5.74) is 5.46. The second kappa shape index (κ2) is 13.0. The highest BCUT2D eigenvalue weighted by atomic mass is 16.5. The molecular weight excluding hydrogens is 520 g/mol. The molecule has 0 radical (unpaired) electrons. The Kier molecular flexibility index (Phi) is 8.99. The van der Waals surface area contributed by atoms with E-state index < -0.39 is 42.1 Å². The smallest absolute Gasteiger partial charge is 0.407 e. The Morgan fingerprint density at radius 1 is 0.878 bits per heavy atom. The maximum atomic E-state index is 13.3. The van der Waals surface area contributed by atoms with Gasteiger partial charge in [-0.2, -0.15) is 0 Å². The fraction of sp³-hybridized carbons (Fsp3) is 0.364. The summed E-state index contributed by atoms with van der Waals surface area (Å²) in [5.74, 6) is -2.20. The van der Waals surface area contributed by atoms with Crippen molar-refractivity contribution >= 4 is 18.0 Å². The zero-order valence-electron chi connectivity index (χ0n) is 23.1. The summed E-state index contributed by atoms with van der Waals surface area (Å²) in [4.78, 5) is 38.3. The van der Waals surface area contributed by atoms with E-state index in [1.807, 2.05) is 54.6 Å². The van der Waals surface area contributed by atoms with Crippen molar-refractivity contribution in [2.24, 2.45) is 5.92 Å². The quantitative estimate of drug-likeness (QED) is 0.314. The molecule has 5 rings (SSSR count). The van der Waals surface area contributed by atoms with Gasteiger partial charge in [0.2, 0.25) is 5.91 Å². The summed E-state index contributed by atoms with van der Waals surface area (Å²) in [6.07, 6.45) is 1.50. The van der Waals surface area contributed by atoms with Crippen LogP contribution in [-0.2, 0) is 25.7 Å². The molecule has 8 heteroatoms. The predicted octanol–water partition coefficient (Wildman–Crippen LogP) is 5.26. The van der Waals surface area contributed by atoms with Crippen LogP contribution in [0.25, 0.3) is 11.1 Å². The third-order valence-electron chi connectivity index (χ3n) is 8.14. The van der Waals surface area contributed by atoms with Crippen LogP contribution in [0.2, 0.25) is 0 Å². The first-order valence-electron chi connectivity index (χ1n) is 14.2. The van der Waals surface area contributed by atoms with E-state index in [4.69, 9.17) is 9.47 Å². The number of fused-ring (bicyclic) bond motifs is 3. The van der Waals surface area contributed by atoms with Crippen molar-refractivity contribution in [1.29, 1.82) is 0 Å². The van der Waals surface area contributed by atoms with E-state index in [-0.39, 0.29) is 19.1 Å². The van der Waals surface area contributed by atoms with Gasteiger partial charge < -0.3 is 25.2 Å². The number of rotatable bonds is 10. The number of aliphatic carboxylic acids is 1. The summed E-state index contributed by atoms with van der Waals surface area (Å²) < 4.78 is 11.5. The van der Waals surface area contributed by atoms with Gasteiger partial charge in [0.15, 0.2) is 6.04 Å². The maximum Gasteiger partial charge on any atom is 0.407 e. The Bertz CT molecular complexity index is 1330. The normalized spacial score (nSPS) is 19.3. The van der Waals surface area contributed by atoms with Crippen LogP contribution in [0.5, 0.6) is 0 Å². The number of carbonyl (C=O) groups is 3. The van der Waals surface area contributed by atoms with Crippen LogP contribution in [0.15, 0.2) is 78.9 Å². The molecular formula is C33H36N2O6. The van der Waals surface area contributed by atoms with Crippen molar-refractivity contribution < 1.29 is 29.0 Å². The minimum atomic E-state index is -1.22. The van der Waals surface area contributed by atoms with Crippen molar-refractivity contribution in [2.75, 3.05) is 6.61 Å². The molecule has 0 bridgehead atoms. The van der Waals surface area contributed by atoms with Crippen LogP contribution in [0, 0.1) is 5.92 Å². The van der Waals surface area contributed by atoms with Gasteiger partial charge in [0.1, 0.15) is 6.61 Å². The molecule has 4 atom stereocenters. The molecule has 8 nitrogen and oxygen atoms in total. The van der Waals surface area contributed by atoms with Crippen LogP contribution >= 0.6 is 0 Å². The Balaban J connectivity index is 1.18. The molecule has 1 saturated carbocycles. The Hall–Kier alpha value is -4.17. The van der Waals surface area contributed by atoms with E-state index in [1.165, 1.54) is 0 Å². The molecule has 2 aliphatic rings. The standard InChI is InChI=1S/C33H36N2O6/c1-21(40-19-22-11-3-2-4-12-22)30(32(37)38)35-31(36)27-17-9-10-18-29(27)34-33(39)41-20-28-25-15-7-5-13-23(25)24-14-6-8-16-26(24)28/h2-8,11-16,21,27-30H,9-10,17-20H2,1H3,(H,34,39)(H,35,36)(H,37,38)/t21-,27?,29?,30+/m0/s1. The van der Waals surface area contributed by atoms with Crippen molar-refractivity contribution in [3.8, 4) is 11.1 Å². The summed E-state index contributed by atoms with van der Waals surface area (Å²) in [7, 11) is 0. The van der Waals surface area contributed by atoms with Crippen LogP contribution in [0.1, 0.15) is 55.2 Å². The number of benzene rings is 3. The van der Waals surface area contributed by atoms with Gasteiger partial charge in [-0.25, -0.2) is 9.59 Å². The average Bonchev–Trinajstić information content (AvgIpc) is 3.31. The lowest BCUT2D eigenvalue weighted by Gasteiger charge is -2.32. The highest BCUT2D eigenvalue weighted by Gasteiger charge is 2.36. The zero-order valence-corrected chi connectivity index (χ0v) is 23.1. The second-order valence-electron chi connectivity index (χ2n) is 10.8. The first kappa shape index (κ1) is 28.4. The zero-order chi connectivity index (χ0) is 28.8. The summed E-state index contributed by atoms with van der Waals surface area (Å²) >= 11 is 0. The molecule has 214 valence electrons. The number of amides is 2. The highest BCUT2D eigenvalue weighted by Crippen LogP contribution is 2.44. The average molecular weight is 557 g/mol. The van der Waals surface area contributed by atoms with Crippen molar-refractivity contribution in [1.82, 2.24) is 10.6 Å². The number of carbonyl (C=O) groups excluding carboxylic acids is 2. The van der Waals surface area contributed by atoms with Crippen molar-refractivity contribution in [2.45, 2.75) is 63.3 Å². The van der Waals surface area contributed by atoms with Crippen LogP contribution in [0.3, 0.4) is 0 Å². The number of ether oxygens (including phenoxy) is 2. The fourth-order valence-corrected chi connectivity index (χ4v) is 5.95. The first-order chi connectivity index (χ1) is 19.9. The summed E-state index contributed by atoms with van der Waals surface area (Å²) in [6, 6.07) is 24.0. The monoisotopic (exact) mass is 556 g/mol. The van der Waals surface area contributed by atoms with E-state index in [0.29, 0.717) is 12.8 Å². The minimum Gasteiger partial charge on any atom is -0.480 e. The van der Waals surface area contributed by atoms with Gasteiger partial charge in [-0.15, -0.1) is 0 Å². The number of nitrogens with one attached hydrogen (secondary N) is 2. The summed E-state index contributed by atoms with van der Waals surface area (Å²) in [5, 5.41) is 15.4. The summed E-state index contributed by atoms with van der Waals surface area (Å²) in [6.45, 7) is 2.05. The molecule has 0 aromatic heterocycles. The molecule has 1 fully saturated rings. The number of hydrogen-bond acceptors (Lipinski definition) is 5. The van der Waals surface area contributed by atoms with Crippen LogP contribution < -0.4 is 10.6 Å². The van der Waals surface area contributed by atoms with E-state index in [9.17, 15) is 19.5 Å². The van der Waals surface area contributed by atoms with E-state index >= 15 is 0 Å². The second-order valence-corrected chi connectivity index (χ2v) is 10.8. The molecule has 0 saturated heterocycles. The van der Waals surface area contributed by atoms with E-state index in [2.05, 4.69) is 34.9 Å². The SMILES string of the molecule is C[C@H](OCc1ccccc1)[C@@H](NC(=O)C1CCCCC1NC(=O)OCC1c2ccccc2-c2ccccc21)C(=O)O. The molecule has 2 unspecified atom stereocenters. The molecule has 2 amide bonds. The highest BCUT2D eigenvalue weighted by molar-refractivity contribution is 5.86. The lowest BCUT2D eigenvalue weighted by atomic mass is 9.83. The Labute approximate surface area is 240 Å². The topological polar surface area (TPSA) is 114 Å². The Morgan fingerprint density at radius 2 is 1.49 bits per heavy atom. The Morgan fingerprint density at radius 3 is 2.15 bits per heavy atom. The molecule has 41 heavy (non-hydrogen) atoms. The lowest BCUT2D eigenvalue weighted by molar-refractivity contribution is -0.147. The largest absolute Gasteiger partial charge is 0.480 e. The number of carboxylic acids is 1. The van der Waals surface area contributed by atoms with E-state index in [1.54, 1.807) is 6.92 Å². The van der Waals surface area contributed by atoms with Gasteiger partial charge in [0.05, 0.1) is 18.6 Å². The van der Waals surface area contributed by atoms with Crippen molar-refractivity contribution in [3.05, 3.63) is 95.6 Å². The first-order valence-corrected chi connectivity index (χ1v) is 14.2. The molecule has 3 N–H and O–H groups in total. The minimum absolute atomic E-state index is 0.0627. The third kappa shape index (κ3) is 6.60. The number of alkyl carbamates (subject to hydrolysis) is 1. The van der Waals surface area contributed by atoms with Gasteiger partial charge in [-0.3, -0.25) is 4.79 Å². The van der Waals surface area contributed by atoms with Gasteiger partial charge in [-0.1, -0.05) is 91.7 Å². The van der Waals surface area contributed by atoms with E-state index in [0.717, 1.165) is 40.7 Å². The molecule has 3 aromatic carbocycles. The third-order valence-corrected chi connectivity index (χ3v) is 8.14. The molecule has 3 aromatic rings. The molecule has 2 aliphatic carbocycles. The lowest BCUT2D eigenvalue weighted by Crippen LogP contribution is -2.54. The van der Waals surface area contributed by atoms with Gasteiger partial charge in [0, 0.05) is 12.0 Å². The molecule has 0 aliphatic heterocycles. The van der Waals surface area contributed by atoms with Crippen LogP contribution in [0.4, 0.5) is 4.79 Å². The maximum absolute atomic E-state index is 13.3. The van der Waals surface area contributed by atoms with Gasteiger partial charge >= 0.3 is 12.1 Å². The van der Waals surface area contributed by atoms with Gasteiger partial charge in [0.25, 0.3) is 0 Å². The number of hydrogen-bond donors (Lipinski definition) is 3.